The molecule has 3 nitrogen and oxygen atoms in total. The molecule has 0 aliphatic heterocycles. The van der Waals surface area contributed by atoms with Crippen molar-refractivity contribution < 1.29 is 14.6 Å². The van der Waals surface area contributed by atoms with Crippen molar-refractivity contribution in [3.05, 3.63) is 46.7 Å². The molecular weight excluding hydrogens is 300 g/mol. The first-order valence-corrected chi connectivity index (χ1v) is 9.01. The first kappa shape index (κ1) is 18.7. The van der Waals surface area contributed by atoms with Crippen molar-refractivity contribution >= 4 is 5.78 Å². The fourth-order valence-corrected chi connectivity index (χ4v) is 3.28. The normalized spacial score (nSPS) is 18.1. The first-order valence-electron chi connectivity index (χ1n) is 9.01. The number of rotatable bonds is 8. The molecule has 2 rings (SSSR count). The Morgan fingerprint density at radius 3 is 2.54 bits per heavy atom. The summed E-state index contributed by atoms with van der Waals surface area (Å²) in [4.78, 5) is 12.8. The number of carbonyl (C=O) groups excluding carboxylic acids is 1. The summed E-state index contributed by atoms with van der Waals surface area (Å²) in [5.74, 6) is 1.78. The number of aliphatic hydroxyl groups is 1. The van der Waals surface area contributed by atoms with E-state index in [4.69, 9.17) is 9.84 Å². The van der Waals surface area contributed by atoms with Gasteiger partial charge in [0.15, 0.2) is 5.78 Å². The van der Waals surface area contributed by atoms with Gasteiger partial charge in [-0.1, -0.05) is 52.0 Å². The van der Waals surface area contributed by atoms with Crippen molar-refractivity contribution in [1.82, 2.24) is 0 Å². The number of hydrogen-bond donors (Lipinski definition) is 1. The SMILES string of the molecule is CC(C)COC1=C(C(C)C)C(=O)C(Cc2cccc(CCO)c2)C1. The van der Waals surface area contributed by atoms with Gasteiger partial charge in [0.05, 0.1) is 6.61 Å². The predicted molar refractivity (Wildman–Crippen MR) is 96.7 cm³/mol. The molecule has 3 heteroatoms. The Bertz CT molecular complexity index is 599. The number of carbonyl (C=O) groups is 1. The molecule has 1 aliphatic rings. The van der Waals surface area contributed by atoms with E-state index in [1.54, 1.807) is 0 Å². The van der Waals surface area contributed by atoms with Crippen LogP contribution in [0.25, 0.3) is 0 Å². The zero-order valence-corrected chi connectivity index (χ0v) is 15.3. The molecule has 0 heterocycles. The van der Waals surface area contributed by atoms with Crippen molar-refractivity contribution in [2.75, 3.05) is 13.2 Å². The van der Waals surface area contributed by atoms with Crippen molar-refractivity contribution in [1.29, 1.82) is 0 Å². The van der Waals surface area contributed by atoms with Gasteiger partial charge >= 0.3 is 0 Å². The van der Waals surface area contributed by atoms with E-state index in [0.29, 0.717) is 25.4 Å². The lowest BCUT2D eigenvalue weighted by Gasteiger charge is -2.13. The number of Topliss-reactive ketones (excluding diaryl/α,β-unsaturated/α-hetero) is 1. The lowest BCUT2D eigenvalue weighted by atomic mass is 9.91. The highest BCUT2D eigenvalue weighted by molar-refractivity contribution is 6.00. The average molecular weight is 330 g/mol. The highest BCUT2D eigenvalue weighted by Gasteiger charge is 2.35. The molecule has 24 heavy (non-hydrogen) atoms. The maximum absolute atomic E-state index is 12.8. The van der Waals surface area contributed by atoms with Gasteiger partial charge in [-0.05, 0) is 35.8 Å². The Morgan fingerprint density at radius 1 is 1.21 bits per heavy atom. The maximum atomic E-state index is 12.8. The fourth-order valence-electron chi connectivity index (χ4n) is 3.28. The molecule has 1 aromatic rings. The largest absolute Gasteiger partial charge is 0.497 e. The summed E-state index contributed by atoms with van der Waals surface area (Å²) in [6.07, 6.45) is 2.11. The van der Waals surface area contributed by atoms with Crippen LogP contribution in [0.3, 0.4) is 0 Å². The summed E-state index contributed by atoms with van der Waals surface area (Å²) in [5.41, 5.74) is 3.16. The van der Waals surface area contributed by atoms with Crippen LogP contribution in [0.1, 0.15) is 45.2 Å². The van der Waals surface area contributed by atoms with E-state index in [9.17, 15) is 4.79 Å². The van der Waals surface area contributed by atoms with Gasteiger partial charge in [0.1, 0.15) is 5.76 Å². The van der Waals surface area contributed by atoms with Crippen LogP contribution < -0.4 is 0 Å². The van der Waals surface area contributed by atoms with Crippen molar-refractivity contribution in [2.45, 2.75) is 47.0 Å². The van der Waals surface area contributed by atoms with Gasteiger partial charge in [0, 0.05) is 24.5 Å². The molecule has 1 atom stereocenters. The Hall–Kier alpha value is -1.61. The van der Waals surface area contributed by atoms with Crippen LogP contribution in [-0.2, 0) is 22.4 Å². The van der Waals surface area contributed by atoms with Gasteiger partial charge < -0.3 is 9.84 Å². The van der Waals surface area contributed by atoms with Crippen molar-refractivity contribution in [2.24, 2.45) is 17.8 Å². The molecule has 0 aromatic heterocycles. The standard InChI is InChI=1S/C21H30O3/c1-14(2)13-24-19-12-18(21(23)20(19)15(3)4)11-17-7-5-6-16(10-17)8-9-22/h5-7,10,14-15,18,22H,8-9,11-13H2,1-4H3. The molecule has 1 N–H and O–H groups in total. The van der Waals surface area contributed by atoms with Crippen LogP contribution in [0.4, 0.5) is 0 Å². The van der Waals surface area contributed by atoms with Gasteiger partial charge in [-0.3, -0.25) is 4.79 Å². The van der Waals surface area contributed by atoms with Gasteiger partial charge in [-0.2, -0.15) is 0 Å². The molecule has 1 aromatic carbocycles. The van der Waals surface area contributed by atoms with Crippen LogP contribution in [0.5, 0.6) is 0 Å². The molecule has 132 valence electrons. The van der Waals surface area contributed by atoms with Gasteiger partial charge in [0.2, 0.25) is 0 Å². The van der Waals surface area contributed by atoms with Gasteiger partial charge in [-0.25, -0.2) is 0 Å². The Balaban J connectivity index is 2.10. The van der Waals surface area contributed by atoms with Crippen LogP contribution in [0.2, 0.25) is 0 Å². The summed E-state index contributed by atoms with van der Waals surface area (Å²) < 4.78 is 5.96. The van der Waals surface area contributed by atoms with Crippen LogP contribution >= 0.6 is 0 Å². The van der Waals surface area contributed by atoms with E-state index in [1.165, 1.54) is 0 Å². The zero-order valence-electron chi connectivity index (χ0n) is 15.3. The Kier molecular flexibility index (Phi) is 6.61. The Morgan fingerprint density at radius 2 is 1.92 bits per heavy atom. The highest BCUT2D eigenvalue weighted by Crippen LogP contribution is 2.35. The molecule has 1 unspecified atom stereocenters. The number of hydrogen-bond acceptors (Lipinski definition) is 3. The maximum Gasteiger partial charge on any atom is 0.166 e. The molecule has 0 saturated carbocycles. The van der Waals surface area contributed by atoms with E-state index in [0.717, 1.165) is 28.9 Å². The molecule has 0 spiro atoms. The minimum Gasteiger partial charge on any atom is -0.497 e. The molecule has 0 radical (unpaired) electrons. The number of benzene rings is 1. The third-order valence-corrected chi connectivity index (χ3v) is 4.41. The summed E-state index contributed by atoms with van der Waals surface area (Å²) in [7, 11) is 0. The summed E-state index contributed by atoms with van der Waals surface area (Å²) in [6.45, 7) is 9.19. The molecular formula is C21H30O3. The van der Waals surface area contributed by atoms with Crippen LogP contribution in [0, 0.1) is 17.8 Å². The minimum atomic E-state index is -0.0195. The lowest BCUT2D eigenvalue weighted by molar-refractivity contribution is -0.118. The number of ether oxygens (including phenoxy) is 1. The topological polar surface area (TPSA) is 46.5 Å². The van der Waals surface area contributed by atoms with Gasteiger partial charge in [0.25, 0.3) is 0 Å². The fraction of sp³-hybridized carbons (Fsp3) is 0.571. The quantitative estimate of drug-likeness (QED) is 0.785. The number of aliphatic hydroxyl groups excluding tert-OH is 1. The number of allylic oxidation sites excluding steroid dienone is 2. The first-order chi connectivity index (χ1) is 11.4. The van der Waals surface area contributed by atoms with E-state index in [1.807, 2.05) is 12.1 Å². The van der Waals surface area contributed by atoms with Gasteiger partial charge in [-0.15, -0.1) is 0 Å². The second-order valence-electron chi connectivity index (χ2n) is 7.46. The Labute approximate surface area is 145 Å². The summed E-state index contributed by atoms with van der Waals surface area (Å²) in [5, 5.41) is 9.09. The van der Waals surface area contributed by atoms with Crippen LogP contribution in [-0.4, -0.2) is 24.1 Å². The summed E-state index contributed by atoms with van der Waals surface area (Å²) in [6, 6.07) is 8.19. The highest BCUT2D eigenvalue weighted by atomic mass is 16.5. The molecule has 0 fully saturated rings. The summed E-state index contributed by atoms with van der Waals surface area (Å²) >= 11 is 0. The van der Waals surface area contributed by atoms with E-state index < -0.39 is 0 Å². The lowest BCUT2D eigenvalue weighted by Crippen LogP contribution is -2.15. The van der Waals surface area contributed by atoms with Crippen LogP contribution in [0.15, 0.2) is 35.6 Å². The van der Waals surface area contributed by atoms with E-state index in [-0.39, 0.29) is 24.2 Å². The molecule has 0 bridgehead atoms. The second-order valence-corrected chi connectivity index (χ2v) is 7.46. The minimum absolute atomic E-state index is 0.0195. The molecule has 1 aliphatic carbocycles. The zero-order chi connectivity index (χ0) is 17.7. The molecule has 0 saturated heterocycles. The van der Waals surface area contributed by atoms with E-state index in [2.05, 4.69) is 39.8 Å². The smallest absolute Gasteiger partial charge is 0.166 e. The third-order valence-electron chi connectivity index (χ3n) is 4.41. The number of ketones is 1. The molecule has 0 amide bonds. The third kappa shape index (κ3) is 4.70. The van der Waals surface area contributed by atoms with E-state index >= 15 is 0 Å². The second kappa shape index (κ2) is 8.48. The average Bonchev–Trinajstić information content (AvgIpc) is 2.82. The predicted octanol–water partition coefficient (Wildman–Crippen LogP) is 3.94. The monoisotopic (exact) mass is 330 g/mol. The van der Waals surface area contributed by atoms with Crippen molar-refractivity contribution in [3.63, 3.8) is 0 Å². The van der Waals surface area contributed by atoms with Crippen molar-refractivity contribution in [3.8, 4) is 0 Å².